The van der Waals surface area contributed by atoms with E-state index in [1.807, 2.05) is 6.07 Å². The van der Waals surface area contributed by atoms with Crippen molar-refractivity contribution in [1.29, 1.82) is 0 Å². The van der Waals surface area contributed by atoms with E-state index >= 15 is 0 Å². The molecular weight excluding hydrogens is 171 g/mol. The van der Waals surface area contributed by atoms with Crippen molar-refractivity contribution in [2.45, 2.75) is 19.2 Å². The molecule has 0 radical (unpaired) electrons. The molecule has 2 rings (SSSR count). The molecule has 0 saturated heterocycles. The van der Waals surface area contributed by atoms with Crippen molar-refractivity contribution in [2.75, 3.05) is 0 Å². The van der Waals surface area contributed by atoms with Gasteiger partial charge in [0.25, 0.3) is 0 Å². The summed E-state index contributed by atoms with van der Waals surface area (Å²) in [7, 11) is 1.03. The maximum absolute atomic E-state index is 5.94. The maximum atomic E-state index is 5.94. The van der Waals surface area contributed by atoms with Crippen LogP contribution in [0, 0.1) is 0 Å². The monoisotopic (exact) mass is 186 g/mol. The molecule has 72 valence electrons. The fourth-order valence-electron chi connectivity index (χ4n) is 1.73. The zero-order chi connectivity index (χ0) is 9.97. The molecular formula is C11H15BN2. The van der Waals surface area contributed by atoms with Crippen molar-refractivity contribution in [2.24, 2.45) is 5.73 Å². The fourth-order valence-corrected chi connectivity index (χ4v) is 1.73. The lowest BCUT2D eigenvalue weighted by Gasteiger charge is -2.05. The molecule has 14 heavy (non-hydrogen) atoms. The fraction of sp³-hybridized carbons (Fsp3) is 0.273. The predicted octanol–water partition coefficient (Wildman–Crippen LogP) is 1.48. The zero-order valence-electron chi connectivity index (χ0n) is 8.46. The van der Waals surface area contributed by atoms with Gasteiger partial charge in [-0.3, -0.25) is 0 Å². The number of nitrogens with two attached hydrogens (primary N) is 1. The topological polar surface area (TPSA) is 41.8 Å². The Kier molecular flexibility index (Phi) is 2.59. The van der Waals surface area contributed by atoms with Gasteiger partial charge in [-0.25, -0.2) is 0 Å². The molecule has 1 unspecified atom stereocenters. The maximum Gasteiger partial charge on any atom is 0.138 e. The zero-order valence-corrected chi connectivity index (χ0v) is 8.46. The van der Waals surface area contributed by atoms with Gasteiger partial charge in [0.1, 0.15) is 7.28 Å². The minimum atomic E-state index is 0.272. The second-order valence-corrected chi connectivity index (χ2v) is 3.73. The van der Waals surface area contributed by atoms with E-state index in [0.717, 1.165) is 13.7 Å². The molecule has 0 bridgehead atoms. The van der Waals surface area contributed by atoms with E-state index in [1.165, 1.54) is 16.5 Å². The number of aromatic nitrogens is 1. The molecule has 2 nitrogen and oxygen atoms in total. The summed E-state index contributed by atoms with van der Waals surface area (Å²) in [6.07, 6.45) is 3.03. The second-order valence-electron chi connectivity index (χ2n) is 3.73. The number of para-hydroxylation sites is 1. The van der Waals surface area contributed by atoms with E-state index in [0.29, 0.717) is 0 Å². The molecule has 0 aliphatic rings. The van der Waals surface area contributed by atoms with Gasteiger partial charge in [0.05, 0.1) is 0 Å². The van der Waals surface area contributed by atoms with E-state index in [2.05, 4.69) is 36.2 Å². The molecule has 0 aliphatic carbocycles. The lowest BCUT2D eigenvalue weighted by molar-refractivity contribution is 0.884. The highest BCUT2D eigenvalue weighted by Gasteiger charge is 2.06. The smallest absolute Gasteiger partial charge is 0.138 e. The quantitative estimate of drug-likeness (QED) is 0.700. The Bertz CT molecular complexity index is 422. The number of fused-ring (bicyclic) bond motifs is 1. The third-order valence-corrected chi connectivity index (χ3v) is 2.68. The normalized spacial score (nSPS) is 13.0. The number of nitrogens with one attached hydrogen (secondary N) is 1. The van der Waals surface area contributed by atoms with E-state index in [9.17, 15) is 0 Å². The highest BCUT2D eigenvalue weighted by Crippen LogP contribution is 2.18. The molecule has 3 heteroatoms. The number of hydrogen-bond acceptors (Lipinski definition) is 1. The van der Waals surface area contributed by atoms with Gasteiger partial charge in [-0.05, 0) is 24.0 Å². The Morgan fingerprint density at radius 1 is 1.43 bits per heavy atom. The molecule has 0 spiro atoms. The Morgan fingerprint density at radius 2 is 2.21 bits per heavy atom. The van der Waals surface area contributed by atoms with Crippen LogP contribution in [0.5, 0.6) is 0 Å². The summed E-state index contributed by atoms with van der Waals surface area (Å²) in [6, 6.07) is 8.35. The first-order chi connectivity index (χ1) is 6.81. The highest BCUT2D eigenvalue weighted by atomic mass is 14.7. The van der Waals surface area contributed by atoms with Crippen LogP contribution in [0.4, 0.5) is 0 Å². The largest absolute Gasteiger partial charge is 0.361 e. The summed E-state index contributed by atoms with van der Waals surface area (Å²) in [5.74, 6) is 0.272. The summed E-state index contributed by atoms with van der Waals surface area (Å²) in [5.41, 5.74) is 8.47. The van der Waals surface area contributed by atoms with Crippen LogP contribution in [0.3, 0.4) is 0 Å². The second kappa shape index (κ2) is 3.88. The van der Waals surface area contributed by atoms with Gasteiger partial charge in [-0.1, -0.05) is 25.0 Å². The first-order valence-electron chi connectivity index (χ1n) is 5.12. The van der Waals surface area contributed by atoms with Crippen molar-refractivity contribution < 1.29 is 0 Å². The molecule has 3 N–H and O–H groups in total. The van der Waals surface area contributed by atoms with Gasteiger partial charge in [0.2, 0.25) is 0 Å². The van der Waals surface area contributed by atoms with E-state index < -0.39 is 0 Å². The van der Waals surface area contributed by atoms with Crippen LogP contribution < -0.4 is 5.73 Å². The van der Waals surface area contributed by atoms with Crippen LogP contribution in [0.15, 0.2) is 30.5 Å². The summed E-state index contributed by atoms with van der Waals surface area (Å²) >= 11 is 0. The van der Waals surface area contributed by atoms with Gasteiger partial charge >= 0.3 is 0 Å². The lowest BCUT2D eigenvalue weighted by atomic mass is 9.70. The van der Waals surface area contributed by atoms with Crippen LogP contribution in [-0.4, -0.2) is 18.2 Å². The molecule has 1 aromatic heterocycles. The Morgan fingerprint density at radius 3 is 3.00 bits per heavy atom. The summed E-state index contributed by atoms with van der Waals surface area (Å²) in [6.45, 7) is 2.12. The van der Waals surface area contributed by atoms with Gasteiger partial charge < -0.3 is 10.7 Å². The minimum Gasteiger partial charge on any atom is -0.361 e. The molecule has 0 saturated carbocycles. The summed E-state index contributed by atoms with van der Waals surface area (Å²) in [4.78, 5) is 3.26. The molecule has 2 aromatic rings. The third kappa shape index (κ3) is 1.68. The van der Waals surface area contributed by atoms with Crippen molar-refractivity contribution in [3.05, 3.63) is 36.0 Å². The van der Waals surface area contributed by atoms with Crippen LogP contribution in [0.1, 0.15) is 5.56 Å². The molecule has 1 atom stereocenters. The average molecular weight is 186 g/mol. The van der Waals surface area contributed by atoms with Crippen molar-refractivity contribution in [1.82, 2.24) is 4.98 Å². The molecule has 1 aromatic carbocycles. The van der Waals surface area contributed by atoms with Gasteiger partial charge in [-0.2, -0.15) is 0 Å². The van der Waals surface area contributed by atoms with Crippen molar-refractivity contribution in [3.8, 4) is 0 Å². The van der Waals surface area contributed by atoms with Crippen LogP contribution >= 0.6 is 0 Å². The molecule has 0 fully saturated rings. The van der Waals surface area contributed by atoms with Crippen molar-refractivity contribution in [3.63, 3.8) is 0 Å². The SMILES string of the molecule is CBC(N)Cc1c[nH]c2ccccc12. The van der Waals surface area contributed by atoms with E-state index in [1.54, 1.807) is 0 Å². The molecule has 1 heterocycles. The van der Waals surface area contributed by atoms with Crippen LogP contribution in [0.25, 0.3) is 10.9 Å². The Hall–Kier alpha value is -1.22. The number of H-pyrrole nitrogens is 1. The highest BCUT2D eigenvalue weighted by molar-refractivity contribution is 6.35. The molecule has 0 amide bonds. The first-order valence-corrected chi connectivity index (χ1v) is 5.12. The molecule has 0 aliphatic heterocycles. The summed E-state index contributed by atoms with van der Waals surface area (Å²) in [5, 5.41) is 1.30. The van der Waals surface area contributed by atoms with E-state index in [-0.39, 0.29) is 5.94 Å². The number of rotatable bonds is 3. The van der Waals surface area contributed by atoms with Gasteiger partial charge in [0, 0.05) is 17.1 Å². The van der Waals surface area contributed by atoms with Gasteiger partial charge in [0.15, 0.2) is 0 Å². The number of hydrogen-bond donors (Lipinski definition) is 2. The van der Waals surface area contributed by atoms with E-state index in [4.69, 9.17) is 5.73 Å². The van der Waals surface area contributed by atoms with Crippen molar-refractivity contribution >= 4 is 18.2 Å². The number of benzene rings is 1. The van der Waals surface area contributed by atoms with Crippen LogP contribution in [-0.2, 0) is 6.42 Å². The summed E-state index contributed by atoms with van der Waals surface area (Å²) < 4.78 is 0. The lowest BCUT2D eigenvalue weighted by Crippen LogP contribution is -2.27. The van der Waals surface area contributed by atoms with Crippen LogP contribution in [0.2, 0.25) is 6.82 Å². The van der Waals surface area contributed by atoms with Gasteiger partial charge in [-0.15, -0.1) is 0 Å². The minimum absolute atomic E-state index is 0.272. The first kappa shape index (κ1) is 9.34. The predicted molar refractivity (Wildman–Crippen MR) is 63.0 cm³/mol. The third-order valence-electron chi connectivity index (χ3n) is 2.68. The Labute approximate surface area is 84.7 Å². The number of aromatic amines is 1. The Balaban J connectivity index is 2.33. The average Bonchev–Trinajstić information content (AvgIpc) is 2.62. The standard InChI is InChI=1S/C11H15BN2/c1-12-11(13)6-8-7-14-10-5-3-2-4-9(8)10/h2-5,7,11-12,14H,6,13H2,1H3.